The summed E-state index contributed by atoms with van der Waals surface area (Å²) in [7, 11) is -3.79. The van der Waals surface area contributed by atoms with Crippen molar-refractivity contribution < 1.29 is 27.5 Å². The predicted octanol–water partition coefficient (Wildman–Crippen LogP) is 2.97. The molecule has 2 aliphatic rings. The highest BCUT2D eigenvalue weighted by molar-refractivity contribution is 7.90. The minimum atomic E-state index is -3.79. The summed E-state index contributed by atoms with van der Waals surface area (Å²) in [5.41, 5.74) is 6.89. The van der Waals surface area contributed by atoms with Crippen LogP contribution in [0.15, 0.2) is 56.9 Å². The molecule has 10 nitrogen and oxygen atoms in total. The Hall–Kier alpha value is -3.60. The van der Waals surface area contributed by atoms with Gasteiger partial charge >= 0.3 is 6.16 Å². The molecule has 0 radical (unpaired) electrons. The Bertz CT molecular complexity index is 1190. The lowest BCUT2D eigenvalue weighted by atomic mass is 10.2. The molecule has 162 valence electrons. The number of carbonyl (C=O) groups is 1. The van der Waals surface area contributed by atoms with Gasteiger partial charge in [0, 0.05) is 24.6 Å². The van der Waals surface area contributed by atoms with Crippen molar-refractivity contribution in [1.29, 1.82) is 0 Å². The van der Waals surface area contributed by atoms with Crippen molar-refractivity contribution in [2.75, 3.05) is 18.1 Å². The number of benzene rings is 2. The molecule has 0 aromatic heterocycles. The van der Waals surface area contributed by atoms with Gasteiger partial charge in [0.05, 0.1) is 12.3 Å². The Morgan fingerprint density at radius 2 is 2.03 bits per heavy atom. The first-order chi connectivity index (χ1) is 14.9. The lowest BCUT2D eigenvalue weighted by molar-refractivity contribution is 0.0613. The molecule has 0 unspecified atom stereocenters. The summed E-state index contributed by atoms with van der Waals surface area (Å²) in [6, 6.07) is 11.5. The lowest BCUT2D eigenvalue weighted by Crippen LogP contribution is -2.30. The number of sulfonamides is 1. The summed E-state index contributed by atoms with van der Waals surface area (Å²) in [6.07, 6.45) is 0.547. The number of amidine groups is 2. The molecule has 31 heavy (non-hydrogen) atoms. The molecule has 0 bridgehead atoms. The molecule has 11 heteroatoms. The van der Waals surface area contributed by atoms with Crippen LogP contribution in [-0.2, 0) is 19.6 Å². The quantitative estimate of drug-likeness (QED) is 0.245. The van der Waals surface area contributed by atoms with E-state index in [0.29, 0.717) is 35.0 Å². The summed E-state index contributed by atoms with van der Waals surface area (Å²) in [5, 5.41) is 3.53. The normalized spacial score (nSPS) is 16.7. The topological polar surface area (TPSA) is 133 Å². The summed E-state index contributed by atoms with van der Waals surface area (Å²) in [5.74, 6) is 1.25. The molecular formula is C20H20N4O6S. The third-order valence-electron chi connectivity index (χ3n) is 4.67. The number of carbonyl (C=O) groups excluding carboxylic acids is 1. The van der Waals surface area contributed by atoms with Crippen molar-refractivity contribution in [2.45, 2.75) is 24.7 Å². The van der Waals surface area contributed by atoms with E-state index in [0.717, 1.165) is 13.0 Å². The van der Waals surface area contributed by atoms with Gasteiger partial charge in [0.1, 0.15) is 22.2 Å². The van der Waals surface area contributed by atoms with E-state index >= 15 is 0 Å². The molecule has 2 aromatic carbocycles. The average Bonchev–Trinajstić information content (AvgIpc) is 3.20. The SMILES string of the molecule is CCOC(=O)ON=C(N)c1cccc(Oc2ccc3c(c2)S(=O)(=O)N=C2CCCN23)c1. The summed E-state index contributed by atoms with van der Waals surface area (Å²) in [4.78, 5) is 17.8. The van der Waals surface area contributed by atoms with Gasteiger partial charge in [-0.1, -0.05) is 17.3 Å². The van der Waals surface area contributed by atoms with Crippen molar-refractivity contribution in [3.63, 3.8) is 0 Å². The molecule has 2 N–H and O–H groups in total. The molecule has 0 aliphatic carbocycles. The van der Waals surface area contributed by atoms with Crippen LogP contribution in [-0.4, -0.2) is 39.4 Å². The third-order valence-corrected chi connectivity index (χ3v) is 6.00. The van der Waals surface area contributed by atoms with Gasteiger partial charge in [-0.3, -0.25) is 4.84 Å². The molecule has 0 saturated carbocycles. The average molecular weight is 444 g/mol. The standard InChI is InChI=1S/C20H20N4O6S/c1-2-28-20(25)30-22-19(21)13-5-3-6-14(11-13)29-15-8-9-16-17(12-15)31(26,27)23-18-7-4-10-24(16)18/h3,5-6,8-9,11-12H,2,4,7,10H2,1H3,(H2,21,22). The van der Waals surface area contributed by atoms with Gasteiger partial charge < -0.3 is 20.1 Å². The molecule has 2 heterocycles. The second-order valence-corrected chi connectivity index (χ2v) is 8.32. The second-order valence-electron chi connectivity index (χ2n) is 6.75. The minimum absolute atomic E-state index is 0.0533. The van der Waals surface area contributed by atoms with E-state index in [1.807, 2.05) is 4.90 Å². The second kappa shape index (κ2) is 8.26. The maximum absolute atomic E-state index is 12.6. The van der Waals surface area contributed by atoms with Gasteiger partial charge in [0.15, 0.2) is 5.84 Å². The number of anilines is 1. The Morgan fingerprint density at radius 3 is 2.84 bits per heavy atom. The molecule has 0 atom stereocenters. The fraction of sp³-hybridized carbons (Fsp3) is 0.250. The number of hydrogen-bond donors (Lipinski definition) is 1. The van der Waals surface area contributed by atoms with E-state index in [2.05, 4.69) is 19.1 Å². The van der Waals surface area contributed by atoms with Gasteiger partial charge in [-0.2, -0.15) is 8.42 Å². The highest BCUT2D eigenvalue weighted by Gasteiger charge is 2.33. The Labute approximate surface area is 179 Å². The van der Waals surface area contributed by atoms with Crippen molar-refractivity contribution in [3.8, 4) is 11.5 Å². The summed E-state index contributed by atoms with van der Waals surface area (Å²) < 4.78 is 39.5. The van der Waals surface area contributed by atoms with E-state index in [1.54, 1.807) is 43.3 Å². The first-order valence-corrected chi connectivity index (χ1v) is 11.0. The minimum Gasteiger partial charge on any atom is -0.457 e. The van der Waals surface area contributed by atoms with Crippen LogP contribution in [0.2, 0.25) is 0 Å². The van der Waals surface area contributed by atoms with Crippen molar-refractivity contribution in [2.24, 2.45) is 15.3 Å². The van der Waals surface area contributed by atoms with Crippen LogP contribution in [0.5, 0.6) is 11.5 Å². The molecular weight excluding hydrogens is 424 g/mol. The first kappa shape index (κ1) is 20.7. The predicted molar refractivity (Wildman–Crippen MR) is 113 cm³/mol. The van der Waals surface area contributed by atoms with Gasteiger partial charge in [0.2, 0.25) is 0 Å². The Balaban J connectivity index is 1.56. The van der Waals surface area contributed by atoms with Gasteiger partial charge in [0.25, 0.3) is 10.0 Å². The zero-order valence-electron chi connectivity index (χ0n) is 16.6. The Morgan fingerprint density at radius 1 is 1.23 bits per heavy atom. The third kappa shape index (κ3) is 4.31. The van der Waals surface area contributed by atoms with Crippen LogP contribution in [0.3, 0.4) is 0 Å². The number of fused-ring (bicyclic) bond motifs is 3. The van der Waals surface area contributed by atoms with E-state index in [1.165, 1.54) is 6.07 Å². The number of ether oxygens (including phenoxy) is 2. The van der Waals surface area contributed by atoms with Gasteiger partial charge in [-0.15, -0.1) is 4.40 Å². The lowest BCUT2D eigenvalue weighted by Gasteiger charge is -2.25. The molecule has 0 spiro atoms. The highest BCUT2D eigenvalue weighted by Crippen LogP contribution is 2.38. The van der Waals surface area contributed by atoms with Crippen LogP contribution in [0.25, 0.3) is 0 Å². The van der Waals surface area contributed by atoms with E-state index < -0.39 is 16.2 Å². The van der Waals surface area contributed by atoms with Crippen LogP contribution >= 0.6 is 0 Å². The zero-order valence-corrected chi connectivity index (χ0v) is 17.5. The van der Waals surface area contributed by atoms with Crippen molar-refractivity contribution >= 4 is 33.5 Å². The fourth-order valence-corrected chi connectivity index (χ4v) is 4.60. The van der Waals surface area contributed by atoms with E-state index in [-0.39, 0.29) is 17.3 Å². The van der Waals surface area contributed by atoms with Gasteiger partial charge in [-0.25, -0.2) is 4.79 Å². The monoisotopic (exact) mass is 444 g/mol. The highest BCUT2D eigenvalue weighted by atomic mass is 32.2. The zero-order chi connectivity index (χ0) is 22.0. The Kier molecular flexibility index (Phi) is 5.51. The largest absolute Gasteiger partial charge is 0.535 e. The molecule has 2 aromatic rings. The fourth-order valence-electron chi connectivity index (χ4n) is 3.33. The maximum atomic E-state index is 12.6. The summed E-state index contributed by atoms with van der Waals surface area (Å²) >= 11 is 0. The van der Waals surface area contributed by atoms with Gasteiger partial charge in [-0.05, 0) is 37.6 Å². The maximum Gasteiger partial charge on any atom is 0.535 e. The molecule has 4 rings (SSSR count). The molecule has 1 saturated heterocycles. The number of nitrogens with two attached hydrogens (primary N) is 1. The number of oxime groups is 1. The molecule has 1 fully saturated rings. The number of rotatable bonds is 5. The molecule has 0 amide bonds. The van der Waals surface area contributed by atoms with Crippen molar-refractivity contribution in [1.82, 2.24) is 0 Å². The first-order valence-electron chi connectivity index (χ1n) is 9.58. The van der Waals surface area contributed by atoms with E-state index in [4.69, 9.17) is 10.5 Å². The molecule has 2 aliphatic heterocycles. The smallest absolute Gasteiger partial charge is 0.457 e. The van der Waals surface area contributed by atoms with Crippen LogP contribution in [0, 0.1) is 0 Å². The van der Waals surface area contributed by atoms with Crippen LogP contribution in [0.1, 0.15) is 25.3 Å². The van der Waals surface area contributed by atoms with Crippen molar-refractivity contribution in [3.05, 3.63) is 48.0 Å². The summed E-state index contributed by atoms with van der Waals surface area (Å²) in [6.45, 7) is 2.52. The number of nitrogens with zero attached hydrogens (tertiary/aromatic N) is 3. The van der Waals surface area contributed by atoms with E-state index in [9.17, 15) is 13.2 Å². The number of hydrogen-bond acceptors (Lipinski definition) is 8. The van der Waals surface area contributed by atoms with Crippen LogP contribution in [0.4, 0.5) is 10.5 Å². The van der Waals surface area contributed by atoms with Crippen LogP contribution < -0.4 is 15.4 Å².